The van der Waals surface area contributed by atoms with Crippen molar-refractivity contribution in [3.63, 3.8) is 0 Å². The predicted octanol–water partition coefficient (Wildman–Crippen LogP) is 3.15. The van der Waals surface area contributed by atoms with Gasteiger partial charge in [0.2, 0.25) is 0 Å². The van der Waals surface area contributed by atoms with E-state index in [1.54, 1.807) is 7.11 Å². The van der Waals surface area contributed by atoms with Crippen LogP contribution in [-0.4, -0.2) is 56.8 Å². The topological polar surface area (TPSA) is 50.8 Å². The molecule has 1 saturated carbocycles. The zero-order valence-electron chi connectivity index (χ0n) is 18.4. The van der Waals surface area contributed by atoms with Gasteiger partial charge in [-0.1, -0.05) is 13.0 Å². The molecule has 1 saturated heterocycles. The highest BCUT2D eigenvalue weighted by Gasteiger charge is 2.51. The number of fused-ring (bicyclic) bond motifs is 4. The third kappa shape index (κ3) is 3.91. The number of likely N-dealkylation sites (tertiary alicyclic amines) is 1. The average Bonchev–Trinajstić information content (AvgIpc) is 3.55. The second-order valence-electron chi connectivity index (χ2n) is 9.38. The van der Waals surface area contributed by atoms with Gasteiger partial charge in [0, 0.05) is 18.0 Å². The van der Waals surface area contributed by atoms with Gasteiger partial charge in [0.1, 0.15) is 11.8 Å². The molecule has 2 aliphatic carbocycles. The van der Waals surface area contributed by atoms with E-state index in [4.69, 9.17) is 9.47 Å². The highest BCUT2D eigenvalue weighted by atomic mass is 16.5. The van der Waals surface area contributed by atoms with E-state index < -0.39 is 0 Å². The molecule has 1 N–H and O–H groups in total. The Morgan fingerprint density at radius 3 is 2.83 bits per heavy atom. The van der Waals surface area contributed by atoms with Crippen molar-refractivity contribution in [1.82, 2.24) is 10.2 Å². The van der Waals surface area contributed by atoms with Gasteiger partial charge < -0.3 is 14.8 Å². The van der Waals surface area contributed by atoms with Gasteiger partial charge in [-0.3, -0.25) is 9.69 Å². The van der Waals surface area contributed by atoms with Gasteiger partial charge in [-0.15, -0.1) is 0 Å². The largest absolute Gasteiger partial charge is 0.497 e. The Morgan fingerprint density at radius 1 is 1.34 bits per heavy atom. The minimum atomic E-state index is -0.272. The fraction of sp³-hybridized carbons (Fsp3) is 0.708. The highest BCUT2D eigenvalue weighted by Crippen LogP contribution is 2.52. The number of nitrogens with zero attached hydrogens (tertiary/aromatic N) is 1. The van der Waals surface area contributed by atoms with E-state index in [-0.39, 0.29) is 17.4 Å². The summed E-state index contributed by atoms with van der Waals surface area (Å²) in [6.07, 6.45) is 6.16. The van der Waals surface area contributed by atoms with E-state index in [1.807, 2.05) is 6.92 Å². The van der Waals surface area contributed by atoms with Gasteiger partial charge in [-0.05, 0) is 87.2 Å². The van der Waals surface area contributed by atoms with Crippen molar-refractivity contribution in [2.45, 2.75) is 63.5 Å². The summed E-state index contributed by atoms with van der Waals surface area (Å²) in [7, 11) is 3.20. The zero-order valence-corrected chi connectivity index (χ0v) is 18.4. The number of piperidine rings is 1. The number of nitrogens with one attached hydrogen (secondary N) is 1. The number of esters is 1. The van der Waals surface area contributed by atoms with Gasteiger partial charge in [0.15, 0.2) is 0 Å². The Kier molecular flexibility index (Phi) is 5.90. The molecule has 5 heteroatoms. The molecule has 2 fully saturated rings. The lowest BCUT2D eigenvalue weighted by Crippen LogP contribution is -2.60. The maximum Gasteiger partial charge on any atom is 0.322 e. The van der Waals surface area contributed by atoms with Gasteiger partial charge in [0.05, 0.1) is 14.2 Å². The Morgan fingerprint density at radius 2 is 2.14 bits per heavy atom. The first-order valence-electron chi connectivity index (χ1n) is 11.2. The molecule has 1 aliphatic heterocycles. The lowest BCUT2D eigenvalue weighted by atomic mass is 9.56. The Balaban J connectivity index is 1.59. The number of carbonyl (C=O) groups is 1. The average molecular weight is 401 g/mol. The number of benzene rings is 1. The SMILES string of the molecule is COC(=O)[C@H](C)NCCC12CCN(CC3CC3)[C@H](Cc3ccc(OC)cc31)[C@@H]2C. The summed E-state index contributed by atoms with van der Waals surface area (Å²) in [4.78, 5) is 14.6. The Hall–Kier alpha value is -1.59. The van der Waals surface area contributed by atoms with Crippen LogP contribution in [0.4, 0.5) is 0 Å². The van der Waals surface area contributed by atoms with Crippen LogP contribution < -0.4 is 10.1 Å². The van der Waals surface area contributed by atoms with E-state index in [2.05, 4.69) is 35.3 Å². The van der Waals surface area contributed by atoms with Crippen LogP contribution in [0.3, 0.4) is 0 Å². The number of ether oxygens (including phenoxy) is 2. The molecule has 0 spiro atoms. The standard InChI is InChI=1S/C24H36N2O3/c1-16-22-13-19-7-8-20(28-3)14-21(19)24(16,9-11-25-17(2)23(27)29-4)10-12-26(22)15-18-5-6-18/h7-8,14,16-18,22,25H,5-6,9-13,15H2,1-4H3/t16-,17-,22+,24?/m0/s1. The van der Waals surface area contributed by atoms with Crippen molar-refractivity contribution in [2.24, 2.45) is 11.8 Å². The van der Waals surface area contributed by atoms with E-state index in [0.29, 0.717) is 12.0 Å². The molecule has 2 bridgehead atoms. The number of hydrogen-bond donors (Lipinski definition) is 1. The molecule has 5 nitrogen and oxygen atoms in total. The molecule has 0 radical (unpaired) electrons. The van der Waals surface area contributed by atoms with Crippen LogP contribution in [0.15, 0.2) is 18.2 Å². The monoisotopic (exact) mass is 400 g/mol. The summed E-state index contributed by atoms with van der Waals surface area (Å²) < 4.78 is 10.5. The van der Waals surface area contributed by atoms with Gasteiger partial charge in [0.25, 0.3) is 0 Å². The van der Waals surface area contributed by atoms with Crippen molar-refractivity contribution >= 4 is 5.97 Å². The van der Waals surface area contributed by atoms with E-state index in [9.17, 15) is 4.79 Å². The maximum atomic E-state index is 11.8. The summed E-state index contributed by atoms with van der Waals surface area (Å²) in [5.41, 5.74) is 3.09. The number of methoxy groups -OCH3 is 2. The number of rotatable bonds is 8. The summed E-state index contributed by atoms with van der Waals surface area (Å²) in [5.74, 6) is 2.27. The molecule has 4 rings (SSSR count). The quantitative estimate of drug-likeness (QED) is 0.680. The van der Waals surface area contributed by atoms with Crippen LogP contribution in [0, 0.1) is 11.8 Å². The molecule has 0 aromatic heterocycles. The fourth-order valence-corrected chi connectivity index (χ4v) is 5.77. The minimum Gasteiger partial charge on any atom is -0.497 e. The predicted molar refractivity (Wildman–Crippen MR) is 114 cm³/mol. The fourth-order valence-electron chi connectivity index (χ4n) is 5.77. The van der Waals surface area contributed by atoms with Gasteiger partial charge in [-0.25, -0.2) is 0 Å². The highest BCUT2D eigenvalue weighted by molar-refractivity contribution is 5.75. The van der Waals surface area contributed by atoms with E-state index in [0.717, 1.165) is 31.1 Å². The smallest absolute Gasteiger partial charge is 0.322 e. The summed E-state index contributed by atoms with van der Waals surface area (Å²) in [5, 5.41) is 3.39. The van der Waals surface area contributed by atoms with Crippen LogP contribution in [0.25, 0.3) is 0 Å². The molecule has 0 amide bonds. The van der Waals surface area contributed by atoms with Crippen LogP contribution in [-0.2, 0) is 21.4 Å². The van der Waals surface area contributed by atoms with Crippen molar-refractivity contribution in [3.05, 3.63) is 29.3 Å². The zero-order chi connectivity index (χ0) is 20.6. The lowest BCUT2D eigenvalue weighted by molar-refractivity contribution is -0.142. The van der Waals surface area contributed by atoms with Crippen molar-refractivity contribution in [2.75, 3.05) is 33.9 Å². The Bertz CT molecular complexity index is 748. The normalized spacial score (nSPS) is 29.8. The van der Waals surface area contributed by atoms with Gasteiger partial charge >= 0.3 is 5.97 Å². The Labute approximate surface area is 175 Å². The minimum absolute atomic E-state index is 0.135. The van der Waals surface area contributed by atoms with Crippen molar-refractivity contribution < 1.29 is 14.3 Å². The summed E-state index contributed by atoms with van der Waals surface area (Å²) in [6.45, 7) is 7.59. The van der Waals surface area contributed by atoms with Crippen LogP contribution in [0.5, 0.6) is 5.75 Å². The second kappa shape index (κ2) is 8.27. The number of carbonyl (C=O) groups excluding carboxylic acids is 1. The molecule has 1 aromatic carbocycles. The molecule has 1 heterocycles. The first-order valence-corrected chi connectivity index (χ1v) is 11.2. The van der Waals surface area contributed by atoms with E-state index in [1.165, 1.54) is 50.6 Å². The molecular formula is C24H36N2O3. The van der Waals surface area contributed by atoms with Crippen LogP contribution in [0.2, 0.25) is 0 Å². The van der Waals surface area contributed by atoms with Crippen LogP contribution >= 0.6 is 0 Å². The number of hydrogen-bond acceptors (Lipinski definition) is 5. The second-order valence-corrected chi connectivity index (χ2v) is 9.38. The van der Waals surface area contributed by atoms with Crippen molar-refractivity contribution in [3.8, 4) is 5.75 Å². The summed E-state index contributed by atoms with van der Waals surface area (Å²) >= 11 is 0. The first kappa shape index (κ1) is 20.7. The van der Waals surface area contributed by atoms with Gasteiger partial charge in [-0.2, -0.15) is 0 Å². The molecule has 3 aliphatic rings. The first-order chi connectivity index (χ1) is 14.0. The molecule has 29 heavy (non-hydrogen) atoms. The lowest BCUT2D eigenvalue weighted by Gasteiger charge is -2.56. The van der Waals surface area contributed by atoms with Crippen LogP contribution in [0.1, 0.15) is 50.7 Å². The molecule has 1 aromatic rings. The third-order valence-electron chi connectivity index (χ3n) is 7.81. The van der Waals surface area contributed by atoms with E-state index >= 15 is 0 Å². The summed E-state index contributed by atoms with van der Waals surface area (Å²) in [6, 6.07) is 7.02. The molecule has 4 atom stereocenters. The molecule has 160 valence electrons. The van der Waals surface area contributed by atoms with Crippen molar-refractivity contribution in [1.29, 1.82) is 0 Å². The molecule has 1 unspecified atom stereocenters. The maximum absolute atomic E-state index is 11.8. The third-order valence-corrected chi connectivity index (χ3v) is 7.81. The molecular weight excluding hydrogens is 364 g/mol.